The first kappa shape index (κ1) is 27.5. The standard InChI is InChI=1S/C22H44N2O6Si2/c1-21(2,3)31(8,9)28-14-15-17(30-32(10,11)22(4,5)6)18(27-7)19(29-15)24-13-12-16(25)23-20(24)26/h15,17-19H,12-14H2,1-11H3,(H,23,25,26)/t15-,17-,18-,19-/m1/s1. The first-order chi connectivity index (χ1) is 14.4. The Morgan fingerprint density at radius 3 is 2.03 bits per heavy atom. The van der Waals surface area contributed by atoms with Crippen molar-refractivity contribution in [3.8, 4) is 0 Å². The number of carbonyl (C=O) groups excluding carboxylic acids is 2. The minimum Gasteiger partial charge on any atom is -0.414 e. The Morgan fingerprint density at radius 2 is 1.56 bits per heavy atom. The Kier molecular flexibility index (Phi) is 8.12. The summed E-state index contributed by atoms with van der Waals surface area (Å²) < 4.78 is 25.6. The number of methoxy groups -OCH3 is 1. The summed E-state index contributed by atoms with van der Waals surface area (Å²) in [5.41, 5.74) is 0. The average molecular weight is 489 g/mol. The van der Waals surface area contributed by atoms with Crippen LogP contribution in [-0.2, 0) is 23.1 Å². The summed E-state index contributed by atoms with van der Waals surface area (Å²) in [7, 11) is -2.56. The van der Waals surface area contributed by atoms with Crippen molar-refractivity contribution in [2.45, 2.75) is 109 Å². The van der Waals surface area contributed by atoms with Crippen molar-refractivity contribution < 1.29 is 27.9 Å². The fourth-order valence-electron chi connectivity index (χ4n) is 3.33. The SMILES string of the molecule is CO[C@@H]1[C@H](O[Si](C)(C)C(C)(C)C)[C@@H](CO[Si](C)(C)C(C)(C)C)O[C@H]1N1CCC(=O)NC1=O. The number of ether oxygens (including phenoxy) is 2. The number of hydrogen-bond acceptors (Lipinski definition) is 6. The number of hydrogen-bond donors (Lipinski definition) is 1. The van der Waals surface area contributed by atoms with E-state index in [4.69, 9.17) is 18.3 Å². The van der Waals surface area contributed by atoms with Crippen LogP contribution in [0.5, 0.6) is 0 Å². The number of amides is 3. The quantitative estimate of drug-likeness (QED) is 0.544. The van der Waals surface area contributed by atoms with Gasteiger partial charge < -0.3 is 18.3 Å². The van der Waals surface area contributed by atoms with Crippen LogP contribution in [0, 0.1) is 0 Å². The van der Waals surface area contributed by atoms with E-state index >= 15 is 0 Å². The monoisotopic (exact) mass is 488 g/mol. The molecule has 0 unspecified atom stereocenters. The van der Waals surface area contributed by atoms with E-state index in [1.807, 2.05) is 0 Å². The summed E-state index contributed by atoms with van der Waals surface area (Å²) in [5, 5.41) is 2.45. The molecular formula is C22H44N2O6Si2. The second kappa shape index (κ2) is 9.46. The molecule has 0 bridgehead atoms. The smallest absolute Gasteiger partial charge is 0.326 e. The van der Waals surface area contributed by atoms with Gasteiger partial charge in [0, 0.05) is 20.1 Å². The number of nitrogens with one attached hydrogen (secondary N) is 1. The molecule has 32 heavy (non-hydrogen) atoms. The third-order valence-corrected chi connectivity index (χ3v) is 16.6. The molecule has 8 nitrogen and oxygen atoms in total. The maximum absolute atomic E-state index is 12.6. The lowest BCUT2D eigenvalue weighted by Gasteiger charge is -2.41. The second-order valence-corrected chi connectivity index (χ2v) is 21.5. The van der Waals surface area contributed by atoms with Gasteiger partial charge in [0.25, 0.3) is 0 Å². The van der Waals surface area contributed by atoms with Gasteiger partial charge in [0.05, 0.1) is 6.61 Å². The minimum atomic E-state index is -2.17. The van der Waals surface area contributed by atoms with E-state index in [1.54, 1.807) is 12.0 Å². The Balaban J connectivity index is 2.32. The number of nitrogens with zero attached hydrogens (tertiary/aromatic N) is 1. The second-order valence-electron chi connectivity index (χ2n) is 12.0. The van der Waals surface area contributed by atoms with Gasteiger partial charge in [-0.25, -0.2) is 4.79 Å². The molecule has 2 aliphatic rings. The Morgan fingerprint density at radius 1 is 1.00 bits per heavy atom. The van der Waals surface area contributed by atoms with E-state index in [1.165, 1.54) is 0 Å². The number of rotatable bonds is 7. The fraction of sp³-hybridized carbons (Fsp3) is 0.909. The lowest BCUT2D eigenvalue weighted by atomic mass is 10.1. The Bertz CT molecular complexity index is 702. The van der Waals surface area contributed by atoms with Crippen molar-refractivity contribution in [1.82, 2.24) is 10.2 Å². The van der Waals surface area contributed by atoms with Crippen LogP contribution in [0.25, 0.3) is 0 Å². The molecule has 0 aromatic rings. The number of imide groups is 1. The zero-order chi connectivity index (χ0) is 24.7. The molecular weight excluding hydrogens is 444 g/mol. The van der Waals surface area contributed by atoms with E-state index in [0.717, 1.165) is 0 Å². The van der Waals surface area contributed by atoms with Crippen LogP contribution in [-0.4, -0.2) is 78.3 Å². The first-order valence-corrected chi connectivity index (χ1v) is 17.3. The predicted octanol–water partition coefficient (Wildman–Crippen LogP) is 4.08. The van der Waals surface area contributed by atoms with E-state index in [0.29, 0.717) is 6.61 Å². The molecule has 186 valence electrons. The summed E-state index contributed by atoms with van der Waals surface area (Å²) >= 11 is 0. The maximum atomic E-state index is 12.6. The molecule has 0 aliphatic carbocycles. The highest BCUT2D eigenvalue weighted by Gasteiger charge is 2.54. The van der Waals surface area contributed by atoms with Crippen LogP contribution in [0.2, 0.25) is 36.3 Å². The molecule has 2 heterocycles. The molecule has 10 heteroatoms. The van der Waals surface area contributed by atoms with Crippen LogP contribution in [0.4, 0.5) is 4.79 Å². The van der Waals surface area contributed by atoms with Crippen molar-refractivity contribution in [3.63, 3.8) is 0 Å². The van der Waals surface area contributed by atoms with Crippen molar-refractivity contribution in [2.75, 3.05) is 20.3 Å². The molecule has 2 saturated heterocycles. The summed E-state index contributed by atoms with van der Waals surface area (Å²) in [5.74, 6) is -0.273. The molecule has 2 fully saturated rings. The zero-order valence-corrected chi connectivity index (χ0v) is 23.8. The Hall–Kier alpha value is -0.786. The predicted molar refractivity (Wildman–Crippen MR) is 130 cm³/mol. The Labute approximate surface area is 195 Å². The highest BCUT2D eigenvalue weighted by molar-refractivity contribution is 6.74. The zero-order valence-electron chi connectivity index (χ0n) is 21.8. The summed E-state index contributed by atoms with van der Waals surface area (Å²) in [4.78, 5) is 25.8. The molecule has 0 aromatic carbocycles. The van der Waals surface area contributed by atoms with E-state index < -0.39 is 35.0 Å². The molecule has 0 aromatic heterocycles. The van der Waals surface area contributed by atoms with Crippen molar-refractivity contribution in [2.24, 2.45) is 0 Å². The van der Waals surface area contributed by atoms with Gasteiger partial charge >= 0.3 is 6.03 Å². The number of carbonyl (C=O) groups is 2. The topological polar surface area (TPSA) is 86.3 Å². The number of urea groups is 1. The van der Waals surface area contributed by atoms with Crippen LogP contribution in [0.3, 0.4) is 0 Å². The highest BCUT2D eigenvalue weighted by atomic mass is 28.4. The summed E-state index contributed by atoms with van der Waals surface area (Å²) in [6, 6.07) is -0.453. The third kappa shape index (κ3) is 5.82. The van der Waals surface area contributed by atoms with Gasteiger partial charge in [-0.2, -0.15) is 0 Å². The molecule has 1 N–H and O–H groups in total. The summed E-state index contributed by atoms with van der Waals surface area (Å²) in [6.45, 7) is 22.7. The van der Waals surface area contributed by atoms with Gasteiger partial charge in [0.15, 0.2) is 22.9 Å². The molecule has 3 amide bonds. The normalized spacial score (nSPS) is 28.3. The van der Waals surface area contributed by atoms with E-state index in [9.17, 15) is 9.59 Å². The molecule has 0 radical (unpaired) electrons. The first-order valence-electron chi connectivity index (χ1n) is 11.5. The van der Waals surface area contributed by atoms with Crippen LogP contribution < -0.4 is 5.32 Å². The van der Waals surface area contributed by atoms with Crippen LogP contribution in [0.1, 0.15) is 48.0 Å². The van der Waals surface area contributed by atoms with Gasteiger partial charge in [0.1, 0.15) is 18.3 Å². The maximum Gasteiger partial charge on any atom is 0.326 e. The molecule has 0 saturated carbocycles. The van der Waals surface area contributed by atoms with Crippen molar-refractivity contribution in [3.05, 3.63) is 0 Å². The molecule has 4 atom stereocenters. The third-order valence-electron chi connectivity index (χ3n) is 7.60. The van der Waals surface area contributed by atoms with Crippen molar-refractivity contribution in [1.29, 1.82) is 0 Å². The van der Waals surface area contributed by atoms with Gasteiger partial charge in [-0.15, -0.1) is 0 Å². The van der Waals surface area contributed by atoms with Gasteiger partial charge in [-0.05, 0) is 36.3 Å². The van der Waals surface area contributed by atoms with Gasteiger partial charge in [-0.3, -0.25) is 15.0 Å². The minimum absolute atomic E-state index is 0.00311. The fourth-order valence-corrected chi connectivity index (χ4v) is 5.66. The average Bonchev–Trinajstić information content (AvgIpc) is 2.94. The lowest BCUT2D eigenvalue weighted by Crippen LogP contribution is -2.57. The largest absolute Gasteiger partial charge is 0.414 e. The molecule has 2 aliphatic heterocycles. The van der Waals surface area contributed by atoms with E-state index in [2.05, 4.69) is 73.0 Å². The molecule has 0 spiro atoms. The highest BCUT2D eigenvalue weighted by Crippen LogP contribution is 2.42. The lowest BCUT2D eigenvalue weighted by molar-refractivity contribution is -0.126. The van der Waals surface area contributed by atoms with Crippen LogP contribution in [0.15, 0.2) is 0 Å². The van der Waals surface area contributed by atoms with Gasteiger partial charge in [-0.1, -0.05) is 41.5 Å². The van der Waals surface area contributed by atoms with Gasteiger partial charge in [0.2, 0.25) is 5.91 Å². The molecule has 2 rings (SSSR count). The summed E-state index contributed by atoms with van der Waals surface area (Å²) in [6.07, 6.45) is -1.63. The van der Waals surface area contributed by atoms with Crippen LogP contribution >= 0.6 is 0 Å². The van der Waals surface area contributed by atoms with Crippen molar-refractivity contribution >= 4 is 28.6 Å². The van der Waals surface area contributed by atoms with E-state index in [-0.39, 0.29) is 41.2 Å².